The molecule has 3 amide bonds. The highest BCUT2D eigenvalue weighted by Crippen LogP contribution is 2.27. The van der Waals surface area contributed by atoms with E-state index < -0.39 is 0 Å². The third-order valence-electron chi connectivity index (χ3n) is 4.95. The molecule has 1 N–H and O–H groups in total. The van der Waals surface area contributed by atoms with Crippen molar-refractivity contribution in [3.63, 3.8) is 0 Å². The highest BCUT2D eigenvalue weighted by molar-refractivity contribution is 6.34. The van der Waals surface area contributed by atoms with E-state index in [1.807, 2.05) is 0 Å². The molecule has 0 aromatic heterocycles. The van der Waals surface area contributed by atoms with E-state index >= 15 is 0 Å². The van der Waals surface area contributed by atoms with Crippen LogP contribution < -0.4 is 5.32 Å². The predicted molar refractivity (Wildman–Crippen MR) is 112 cm³/mol. The maximum absolute atomic E-state index is 13.6. The molecule has 1 heterocycles. The van der Waals surface area contributed by atoms with Gasteiger partial charge in [0.2, 0.25) is 5.91 Å². The van der Waals surface area contributed by atoms with Crippen molar-refractivity contribution in [3.8, 4) is 0 Å². The summed E-state index contributed by atoms with van der Waals surface area (Å²) in [5.74, 6) is -0.453. The average Bonchev–Trinajstić information content (AvgIpc) is 2.82. The Morgan fingerprint density at radius 3 is 2.59 bits per heavy atom. The van der Waals surface area contributed by atoms with Crippen LogP contribution in [0.1, 0.15) is 29.2 Å². The minimum Gasteiger partial charge on any atom is -0.354 e. The third kappa shape index (κ3) is 5.19. The van der Waals surface area contributed by atoms with Crippen LogP contribution in [0.2, 0.25) is 10.0 Å². The lowest BCUT2D eigenvalue weighted by Crippen LogP contribution is -2.44. The highest BCUT2D eigenvalue weighted by Gasteiger charge is 2.31. The minimum absolute atomic E-state index is 0.116. The fraction of sp³-hybridized carbons (Fsp3) is 0.333. The van der Waals surface area contributed by atoms with E-state index in [1.165, 1.54) is 12.1 Å². The summed E-state index contributed by atoms with van der Waals surface area (Å²) in [4.78, 5) is 28.4. The number of benzene rings is 2. The summed E-state index contributed by atoms with van der Waals surface area (Å²) >= 11 is 12.1. The standard InChI is InChI=1S/C21H22Cl2FN3O2/c1-13-7-17(24)3-4-18(13)19-11-25-20(28)5-6-27(19)21(29)26(2)12-14-8-15(22)10-16(23)9-14/h3-4,7-10,19H,5-6,11-12H2,1-2H3,(H,25,28)/t19-/m1/s1. The highest BCUT2D eigenvalue weighted by atomic mass is 35.5. The number of nitrogens with zero attached hydrogens (tertiary/aromatic N) is 2. The molecule has 2 aromatic carbocycles. The van der Waals surface area contributed by atoms with Gasteiger partial charge in [0, 0.05) is 43.1 Å². The van der Waals surface area contributed by atoms with Crippen molar-refractivity contribution in [2.24, 2.45) is 0 Å². The molecule has 1 atom stereocenters. The van der Waals surface area contributed by atoms with E-state index in [9.17, 15) is 14.0 Å². The first-order valence-electron chi connectivity index (χ1n) is 9.24. The predicted octanol–water partition coefficient (Wildman–Crippen LogP) is 4.56. The number of amides is 3. The van der Waals surface area contributed by atoms with E-state index in [4.69, 9.17) is 23.2 Å². The first-order valence-corrected chi connectivity index (χ1v) is 9.99. The summed E-state index contributed by atoms with van der Waals surface area (Å²) < 4.78 is 13.6. The molecule has 0 radical (unpaired) electrons. The molecule has 3 rings (SSSR count). The second-order valence-electron chi connectivity index (χ2n) is 7.18. The van der Waals surface area contributed by atoms with E-state index in [1.54, 1.807) is 48.0 Å². The zero-order valence-corrected chi connectivity index (χ0v) is 17.7. The van der Waals surface area contributed by atoms with Gasteiger partial charge in [-0.05, 0) is 53.9 Å². The Morgan fingerprint density at radius 2 is 1.93 bits per heavy atom. The lowest BCUT2D eigenvalue weighted by Gasteiger charge is -2.34. The Morgan fingerprint density at radius 1 is 1.24 bits per heavy atom. The van der Waals surface area contributed by atoms with Gasteiger partial charge in [0.25, 0.3) is 0 Å². The van der Waals surface area contributed by atoms with Gasteiger partial charge < -0.3 is 15.1 Å². The number of hydrogen-bond donors (Lipinski definition) is 1. The number of carbonyl (C=O) groups excluding carboxylic acids is 2. The zero-order valence-electron chi connectivity index (χ0n) is 16.2. The molecule has 1 fully saturated rings. The summed E-state index contributed by atoms with van der Waals surface area (Å²) in [5.41, 5.74) is 2.34. The molecule has 0 spiro atoms. The van der Waals surface area contributed by atoms with E-state index in [-0.39, 0.29) is 43.3 Å². The lowest BCUT2D eigenvalue weighted by molar-refractivity contribution is -0.120. The van der Waals surface area contributed by atoms with Crippen LogP contribution in [0.25, 0.3) is 0 Å². The van der Waals surface area contributed by atoms with Crippen LogP contribution in [0.5, 0.6) is 0 Å². The first kappa shape index (κ1) is 21.4. The normalized spacial score (nSPS) is 16.9. The van der Waals surface area contributed by atoms with E-state index in [0.717, 1.165) is 16.7 Å². The molecule has 29 heavy (non-hydrogen) atoms. The van der Waals surface area contributed by atoms with Gasteiger partial charge >= 0.3 is 6.03 Å². The number of rotatable bonds is 3. The molecular weight excluding hydrogens is 416 g/mol. The Bertz CT molecular complexity index is 918. The fourth-order valence-corrected chi connectivity index (χ4v) is 4.14. The van der Waals surface area contributed by atoms with Crippen LogP contribution in [0.4, 0.5) is 9.18 Å². The van der Waals surface area contributed by atoms with Gasteiger partial charge in [-0.2, -0.15) is 0 Å². The molecule has 1 aliphatic rings. The lowest BCUT2D eigenvalue weighted by atomic mass is 10.00. The summed E-state index contributed by atoms with van der Waals surface area (Å²) in [5, 5.41) is 3.84. The van der Waals surface area contributed by atoms with Gasteiger partial charge in [-0.25, -0.2) is 9.18 Å². The smallest absolute Gasteiger partial charge is 0.320 e. The average molecular weight is 438 g/mol. The molecular formula is C21H22Cl2FN3O2. The van der Waals surface area contributed by atoms with Gasteiger partial charge in [-0.3, -0.25) is 4.79 Å². The molecule has 5 nitrogen and oxygen atoms in total. The van der Waals surface area contributed by atoms with Crippen molar-refractivity contribution < 1.29 is 14.0 Å². The SMILES string of the molecule is Cc1cc(F)ccc1[C@H]1CNC(=O)CCN1C(=O)N(C)Cc1cc(Cl)cc(Cl)c1. The Balaban J connectivity index is 1.86. The number of hydrogen-bond acceptors (Lipinski definition) is 2. The maximum Gasteiger partial charge on any atom is 0.320 e. The van der Waals surface area contributed by atoms with E-state index in [2.05, 4.69) is 5.32 Å². The summed E-state index contributed by atoms with van der Waals surface area (Å²) in [6, 6.07) is 9.00. The van der Waals surface area contributed by atoms with Crippen molar-refractivity contribution in [1.29, 1.82) is 0 Å². The Hall–Kier alpha value is -2.31. The molecule has 154 valence electrons. The molecule has 0 bridgehead atoms. The number of halogens is 3. The monoisotopic (exact) mass is 437 g/mol. The Labute approximate surface area is 179 Å². The van der Waals surface area contributed by atoms with Gasteiger partial charge in [0.1, 0.15) is 5.82 Å². The molecule has 0 saturated carbocycles. The summed E-state index contributed by atoms with van der Waals surface area (Å²) in [6.45, 7) is 2.65. The quantitative estimate of drug-likeness (QED) is 0.764. The largest absolute Gasteiger partial charge is 0.354 e. The number of nitrogens with one attached hydrogen (secondary N) is 1. The second kappa shape index (κ2) is 9.01. The Kier molecular flexibility index (Phi) is 6.65. The van der Waals surface area contributed by atoms with Crippen LogP contribution in [-0.2, 0) is 11.3 Å². The molecule has 2 aromatic rings. The van der Waals surface area contributed by atoms with E-state index in [0.29, 0.717) is 16.6 Å². The second-order valence-corrected chi connectivity index (χ2v) is 8.05. The van der Waals surface area contributed by atoms with Crippen LogP contribution in [0.15, 0.2) is 36.4 Å². The van der Waals surface area contributed by atoms with Crippen LogP contribution >= 0.6 is 23.2 Å². The topological polar surface area (TPSA) is 52.7 Å². The molecule has 8 heteroatoms. The minimum atomic E-state index is -0.389. The molecule has 1 saturated heterocycles. The summed E-state index contributed by atoms with van der Waals surface area (Å²) in [7, 11) is 1.69. The van der Waals surface area contributed by atoms with Crippen molar-refractivity contribution >= 4 is 35.1 Å². The van der Waals surface area contributed by atoms with Crippen LogP contribution in [0, 0.1) is 12.7 Å². The van der Waals surface area contributed by atoms with Crippen LogP contribution in [0.3, 0.4) is 0 Å². The number of aryl methyl sites for hydroxylation is 1. The summed E-state index contributed by atoms with van der Waals surface area (Å²) in [6.07, 6.45) is 0.208. The molecule has 0 unspecified atom stereocenters. The van der Waals surface area contributed by atoms with Crippen LogP contribution in [-0.4, -0.2) is 41.9 Å². The van der Waals surface area contributed by atoms with Crippen molar-refractivity contribution in [2.45, 2.75) is 25.9 Å². The third-order valence-corrected chi connectivity index (χ3v) is 5.39. The maximum atomic E-state index is 13.6. The van der Waals surface area contributed by atoms with Gasteiger partial charge in [-0.15, -0.1) is 0 Å². The molecule has 1 aliphatic heterocycles. The van der Waals surface area contributed by atoms with Gasteiger partial charge in [0.05, 0.1) is 6.04 Å². The van der Waals surface area contributed by atoms with Crippen molar-refractivity contribution in [3.05, 3.63) is 69.0 Å². The fourth-order valence-electron chi connectivity index (χ4n) is 3.57. The number of urea groups is 1. The van der Waals surface area contributed by atoms with Crippen molar-refractivity contribution in [2.75, 3.05) is 20.1 Å². The van der Waals surface area contributed by atoms with Crippen molar-refractivity contribution in [1.82, 2.24) is 15.1 Å². The number of carbonyl (C=O) groups is 2. The zero-order chi connectivity index (χ0) is 21.1. The first-order chi connectivity index (χ1) is 13.7. The van der Waals surface area contributed by atoms with Gasteiger partial charge in [-0.1, -0.05) is 29.3 Å². The van der Waals surface area contributed by atoms with Gasteiger partial charge in [0.15, 0.2) is 0 Å². The molecule has 0 aliphatic carbocycles.